The van der Waals surface area contributed by atoms with Gasteiger partial charge in [0.1, 0.15) is 6.04 Å². The third kappa shape index (κ3) is 9.26. The van der Waals surface area contributed by atoms with Gasteiger partial charge in [0.05, 0.1) is 7.11 Å². The van der Waals surface area contributed by atoms with Crippen LogP contribution in [0.25, 0.3) is 0 Å². The Balaban J connectivity index is 3.98. The van der Waals surface area contributed by atoms with Crippen LogP contribution in [-0.4, -0.2) is 54.3 Å². The molecule has 0 saturated carbocycles. The molecule has 114 valence electrons. The van der Waals surface area contributed by atoms with Crippen LogP contribution in [0.1, 0.15) is 12.8 Å². The molecule has 0 rings (SSSR count). The number of hydrogen-bond donors (Lipinski definition) is 3. The van der Waals surface area contributed by atoms with Crippen LogP contribution in [0.15, 0.2) is 12.7 Å². The zero-order valence-electron chi connectivity index (χ0n) is 11.4. The molecule has 0 radical (unpaired) electrons. The van der Waals surface area contributed by atoms with Gasteiger partial charge in [0, 0.05) is 24.5 Å². The van der Waals surface area contributed by atoms with Gasteiger partial charge in [-0.25, -0.2) is 9.59 Å². The molecule has 20 heavy (non-hydrogen) atoms. The van der Waals surface area contributed by atoms with Gasteiger partial charge in [0.2, 0.25) is 0 Å². The number of rotatable bonds is 10. The number of carbonyl (C=O) groups is 3. The normalized spacial score (nSPS) is 11.2. The zero-order valence-corrected chi connectivity index (χ0v) is 12.2. The number of thioether (sulfide) groups is 1. The Bertz CT molecular complexity index is 349. The maximum atomic E-state index is 11.5. The minimum absolute atomic E-state index is 0.0133. The van der Waals surface area contributed by atoms with Gasteiger partial charge in [-0.2, -0.15) is 11.8 Å². The molecule has 0 unspecified atom stereocenters. The first-order chi connectivity index (χ1) is 9.51. The summed E-state index contributed by atoms with van der Waals surface area (Å²) in [6.45, 7) is 3.99. The molecule has 0 spiro atoms. The monoisotopic (exact) mass is 304 g/mol. The van der Waals surface area contributed by atoms with Crippen molar-refractivity contribution < 1.29 is 24.2 Å². The van der Waals surface area contributed by atoms with Crippen molar-refractivity contribution >= 4 is 29.7 Å². The van der Waals surface area contributed by atoms with Crippen molar-refractivity contribution in [3.05, 3.63) is 12.7 Å². The van der Waals surface area contributed by atoms with Crippen molar-refractivity contribution in [1.29, 1.82) is 0 Å². The number of aliphatic carboxylic acids is 1. The smallest absolute Gasteiger partial charge is 0.326 e. The number of nitrogens with one attached hydrogen (secondary N) is 2. The molecule has 0 aliphatic heterocycles. The Hall–Kier alpha value is -1.70. The summed E-state index contributed by atoms with van der Waals surface area (Å²) in [7, 11) is 1.22. The number of carbonyl (C=O) groups excluding carboxylic acids is 2. The highest BCUT2D eigenvalue weighted by molar-refractivity contribution is 7.99. The van der Waals surface area contributed by atoms with Crippen molar-refractivity contribution in [3.63, 3.8) is 0 Å². The molecular weight excluding hydrogens is 284 g/mol. The molecule has 7 nitrogen and oxygen atoms in total. The van der Waals surface area contributed by atoms with Crippen molar-refractivity contribution in [2.24, 2.45) is 0 Å². The van der Waals surface area contributed by atoms with Gasteiger partial charge in [-0.15, -0.1) is 6.58 Å². The van der Waals surface area contributed by atoms with Crippen molar-refractivity contribution in [2.45, 2.75) is 18.9 Å². The Morgan fingerprint density at radius 2 is 2.15 bits per heavy atom. The first kappa shape index (κ1) is 18.3. The zero-order chi connectivity index (χ0) is 15.4. The van der Waals surface area contributed by atoms with Crippen molar-refractivity contribution in [3.8, 4) is 0 Å². The number of esters is 1. The average molecular weight is 304 g/mol. The number of ether oxygens (including phenoxy) is 1. The SMILES string of the molecule is C=CCSCCNC(=O)N[C@@H](CCC(=O)OC)C(=O)O. The molecule has 0 heterocycles. The van der Waals surface area contributed by atoms with Gasteiger partial charge in [-0.1, -0.05) is 6.08 Å². The van der Waals surface area contributed by atoms with E-state index >= 15 is 0 Å². The molecule has 1 atom stereocenters. The minimum Gasteiger partial charge on any atom is -0.480 e. The fourth-order valence-electron chi connectivity index (χ4n) is 1.23. The highest BCUT2D eigenvalue weighted by Gasteiger charge is 2.20. The lowest BCUT2D eigenvalue weighted by molar-refractivity contribution is -0.142. The van der Waals surface area contributed by atoms with Crippen LogP contribution in [0.4, 0.5) is 4.79 Å². The molecule has 0 fully saturated rings. The highest BCUT2D eigenvalue weighted by Crippen LogP contribution is 2.00. The summed E-state index contributed by atoms with van der Waals surface area (Å²) in [6, 6.07) is -1.68. The summed E-state index contributed by atoms with van der Waals surface area (Å²) >= 11 is 1.60. The van der Waals surface area contributed by atoms with Crippen LogP contribution < -0.4 is 10.6 Å². The van der Waals surface area contributed by atoms with E-state index in [9.17, 15) is 14.4 Å². The van der Waals surface area contributed by atoms with E-state index in [0.717, 1.165) is 5.75 Å². The molecule has 0 aliphatic carbocycles. The van der Waals surface area contributed by atoms with Crippen molar-refractivity contribution in [2.75, 3.05) is 25.2 Å². The summed E-state index contributed by atoms with van der Waals surface area (Å²) in [5, 5.41) is 13.8. The third-order valence-corrected chi connectivity index (χ3v) is 3.20. The number of carboxylic acid groups (broad SMARTS) is 1. The molecule has 0 bridgehead atoms. The van der Waals surface area contributed by atoms with E-state index in [2.05, 4.69) is 21.9 Å². The highest BCUT2D eigenvalue weighted by atomic mass is 32.2. The second kappa shape index (κ2) is 11.2. The van der Waals surface area contributed by atoms with Crippen LogP contribution in [0.3, 0.4) is 0 Å². The van der Waals surface area contributed by atoms with E-state index < -0.39 is 24.0 Å². The summed E-state index contributed by atoms with van der Waals surface area (Å²) < 4.78 is 4.42. The maximum Gasteiger partial charge on any atom is 0.326 e. The first-order valence-electron chi connectivity index (χ1n) is 6.03. The first-order valence-corrected chi connectivity index (χ1v) is 7.19. The number of methoxy groups -OCH3 is 1. The standard InChI is InChI=1S/C12H20N2O5S/c1-3-7-20-8-6-13-12(18)14-9(11(16)17)4-5-10(15)19-2/h3,9H,1,4-8H2,2H3,(H,16,17)(H2,13,14,18)/t9-/m0/s1. The Morgan fingerprint density at radius 3 is 2.70 bits per heavy atom. The molecular formula is C12H20N2O5S. The van der Waals surface area contributed by atoms with E-state index in [1.165, 1.54) is 7.11 Å². The molecule has 0 aliphatic rings. The average Bonchev–Trinajstić information content (AvgIpc) is 2.42. The molecule has 0 saturated heterocycles. The van der Waals surface area contributed by atoms with Crippen LogP contribution in [0, 0.1) is 0 Å². The van der Waals surface area contributed by atoms with E-state index in [1.807, 2.05) is 0 Å². The maximum absolute atomic E-state index is 11.5. The summed E-state index contributed by atoms with van der Waals surface area (Å²) in [4.78, 5) is 33.4. The lowest BCUT2D eigenvalue weighted by Crippen LogP contribution is -2.46. The third-order valence-electron chi connectivity index (χ3n) is 2.24. The van der Waals surface area contributed by atoms with Gasteiger partial charge < -0.3 is 20.5 Å². The van der Waals surface area contributed by atoms with Crippen LogP contribution >= 0.6 is 11.8 Å². The lowest BCUT2D eigenvalue weighted by Gasteiger charge is -2.14. The number of amides is 2. The van der Waals surface area contributed by atoms with Crippen LogP contribution in [0.5, 0.6) is 0 Å². The Labute approximate surface area is 122 Å². The van der Waals surface area contributed by atoms with E-state index in [4.69, 9.17) is 5.11 Å². The summed E-state index contributed by atoms with van der Waals surface area (Å²) in [5.41, 5.74) is 0. The number of urea groups is 1. The van der Waals surface area contributed by atoms with Crippen LogP contribution in [0.2, 0.25) is 0 Å². The van der Waals surface area contributed by atoms with Crippen LogP contribution in [-0.2, 0) is 14.3 Å². The van der Waals surface area contributed by atoms with E-state index in [-0.39, 0.29) is 12.8 Å². The Morgan fingerprint density at radius 1 is 1.45 bits per heavy atom. The van der Waals surface area contributed by atoms with Crippen molar-refractivity contribution in [1.82, 2.24) is 10.6 Å². The van der Waals surface area contributed by atoms with Gasteiger partial charge in [-0.3, -0.25) is 4.79 Å². The largest absolute Gasteiger partial charge is 0.480 e. The summed E-state index contributed by atoms with van der Waals surface area (Å²) in [5.74, 6) is -0.205. The van der Waals surface area contributed by atoms with Gasteiger partial charge >= 0.3 is 18.0 Å². The number of carboxylic acids is 1. The molecule has 3 N–H and O–H groups in total. The predicted octanol–water partition coefficient (Wildman–Crippen LogP) is 0.611. The van der Waals surface area contributed by atoms with E-state index in [1.54, 1.807) is 17.8 Å². The second-order valence-corrected chi connectivity index (χ2v) is 4.92. The minimum atomic E-state index is -1.19. The fraction of sp³-hybridized carbons (Fsp3) is 0.583. The van der Waals surface area contributed by atoms with E-state index in [0.29, 0.717) is 12.3 Å². The predicted molar refractivity (Wildman–Crippen MR) is 76.7 cm³/mol. The molecule has 8 heteroatoms. The Kier molecular flexibility index (Phi) is 10.2. The molecule has 0 aromatic rings. The quantitative estimate of drug-likeness (QED) is 0.310. The summed E-state index contributed by atoms with van der Waals surface area (Å²) in [6.07, 6.45) is 1.68. The fourth-order valence-corrected chi connectivity index (χ4v) is 1.81. The number of hydrogen-bond acceptors (Lipinski definition) is 5. The van der Waals surface area contributed by atoms with Gasteiger partial charge in [0.15, 0.2) is 0 Å². The molecule has 0 aromatic heterocycles. The topological polar surface area (TPSA) is 105 Å². The molecule has 2 amide bonds. The van der Waals surface area contributed by atoms with Gasteiger partial charge in [0.25, 0.3) is 0 Å². The second-order valence-electron chi connectivity index (χ2n) is 3.77. The molecule has 0 aromatic carbocycles. The lowest BCUT2D eigenvalue weighted by atomic mass is 10.1. The van der Waals surface area contributed by atoms with Gasteiger partial charge in [-0.05, 0) is 6.42 Å².